The lowest BCUT2D eigenvalue weighted by molar-refractivity contribution is -0.170. The van der Waals surface area contributed by atoms with E-state index in [0.29, 0.717) is 12.8 Å². The normalized spacial score (nSPS) is 32.6. The van der Waals surface area contributed by atoms with E-state index < -0.39 is 11.6 Å². The van der Waals surface area contributed by atoms with Gasteiger partial charge in [0, 0.05) is 0 Å². The molecule has 0 heterocycles. The zero-order valence-electron chi connectivity index (χ0n) is 8.59. The maximum Gasteiger partial charge on any atom is 0.337 e. The van der Waals surface area contributed by atoms with Gasteiger partial charge in [0.25, 0.3) is 0 Å². The molecule has 0 aliphatic heterocycles. The molecule has 0 spiro atoms. The second-order valence-electron chi connectivity index (χ2n) is 4.72. The van der Waals surface area contributed by atoms with Gasteiger partial charge in [-0.1, -0.05) is 13.8 Å². The van der Waals surface area contributed by atoms with Crippen molar-refractivity contribution in [2.75, 3.05) is 7.11 Å². The van der Waals surface area contributed by atoms with Crippen molar-refractivity contribution in [2.24, 2.45) is 5.41 Å². The molecular formula is C10H18O3. The summed E-state index contributed by atoms with van der Waals surface area (Å²) in [6.07, 6.45) is 2.99. The van der Waals surface area contributed by atoms with Gasteiger partial charge in [0.2, 0.25) is 0 Å². The van der Waals surface area contributed by atoms with Gasteiger partial charge >= 0.3 is 5.97 Å². The van der Waals surface area contributed by atoms with E-state index in [-0.39, 0.29) is 5.41 Å². The minimum absolute atomic E-state index is 0.0428. The van der Waals surface area contributed by atoms with Crippen LogP contribution in [0.4, 0.5) is 0 Å². The summed E-state index contributed by atoms with van der Waals surface area (Å²) in [6, 6.07) is 0. The predicted molar refractivity (Wildman–Crippen MR) is 49.2 cm³/mol. The Labute approximate surface area is 79.1 Å². The van der Waals surface area contributed by atoms with Crippen molar-refractivity contribution in [3.63, 3.8) is 0 Å². The summed E-state index contributed by atoms with van der Waals surface area (Å²) < 4.78 is 4.60. The van der Waals surface area contributed by atoms with Gasteiger partial charge in [-0.05, 0) is 31.1 Å². The summed E-state index contributed by atoms with van der Waals surface area (Å²) >= 11 is 0. The zero-order valence-corrected chi connectivity index (χ0v) is 8.59. The monoisotopic (exact) mass is 186 g/mol. The van der Waals surface area contributed by atoms with Gasteiger partial charge in [-0.3, -0.25) is 0 Å². The molecule has 76 valence electrons. The molecule has 1 aliphatic carbocycles. The van der Waals surface area contributed by atoms with E-state index in [2.05, 4.69) is 18.6 Å². The van der Waals surface area contributed by atoms with Gasteiger partial charge < -0.3 is 9.84 Å². The Morgan fingerprint density at radius 1 is 1.38 bits per heavy atom. The molecular weight excluding hydrogens is 168 g/mol. The molecule has 0 aromatic heterocycles. The lowest BCUT2D eigenvalue weighted by Crippen LogP contribution is -2.46. The highest BCUT2D eigenvalue weighted by Gasteiger charge is 2.44. The number of esters is 1. The van der Waals surface area contributed by atoms with Gasteiger partial charge in [0.1, 0.15) is 0 Å². The quantitative estimate of drug-likeness (QED) is 0.631. The molecule has 0 aromatic carbocycles. The number of rotatable bonds is 1. The minimum Gasteiger partial charge on any atom is -0.467 e. The maximum absolute atomic E-state index is 11.3. The summed E-state index contributed by atoms with van der Waals surface area (Å²) in [5.74, 6) is -0.486. The maximum atomic E-state index is 11.3. The Hall–Kier alpha value is -0.570. The van der Waals surface area contributed by atoms with E-state index in [9.17, 15) is 9.90 Å². The van der Waals surface area contributed by atoms with Crippen LogP contribution in [0.5, 0.6) is 0 Å². The van der Waals surface area contributed by atoms with Crippen molar-refractivity contribution >= 4 is 5.97 Å². The van der Waals surface area contributed by atoms with Crippen LogP contribution in [0.15, 0.2) is 0 Å². The highest BCUT2D eigenvalue weighted by molar-refractivity contribution is 5.79. The zero-order chi connectivity index (χ0) is 10.1. The van der Waals surface area contributed by atoms with Crippen LogP contribution in [-0.4, -0.2) is 23.8 Å². The molecule has 3 nitrogen and oxygen atoms in total. The van der Waals surface area contributed by atoms with E-state index in [0.717, 1.165) is 12.8 Å². The molecule has 1 N–H and O–H groups in total. The summed E-state index contributed by atoms with van der Waals surface area (Å²) in [5.41, 5.74) is -1.20. The number of hydrogen-bond donors (Lipinski definition) is 1. The summed E-state index contributed by atoms with van der Waals surface area (Å²) in [4.78, 5) is 11.3. The molecule has 1 fully saturated rings. The van der Waals surface area contributed by atoms with Gasteiger partial charge in [-0.25, -0.2) is 4.79 Å². The molecule has 0 amide bonds. The summed E-state index contributed by atoms with van der Waals surface area (Å²) in [7, 11) is 1.32. The summed E-state index contributed by atoms with van der Waals surface area (Å²) in [6.45, 7) is 4.14. The third kappa shape index (κ3) is 2.21. The number of hydrogen-bond acceptors (Lipinski definition) is 3. The first-order valence-corrected chi connectivity index (χ1v) is 4.70. The highest BCUT2D eigenvalue weighted by atomic mass is 16.5. The van der Waals surface area contributed by atoms with E-state index in [1.165, 1.54) is 7.11 Å². The standard InChI is InChI=1S/C10H18O3/c1-9(2)5-4-6-10(12,7-9)8(11)13-3/h12H,4-7H2,1-3H3. The van der Waals surface area contributed by atoms with Crippen molar-refractivity contribution in [3.8, 4) is 0 Å². The van der Waals surface area contributed by atoms with Crippen LogP contribution in [0.2, 0.25) is 0 Å². The lowest BCUT2D eigenvalue weighted by atomic mass is 9.70. The predicted octanol–water partition coefficient (Wildman–Crippen LogP) is 1.49. The van der Waals surface area contributed by atoms with Crippen LogP contribution in [0.3, 0.4) is 0 Å². The molecule has 3 heteroatoms. The molecule has 1 rings (SSSR count). The fraction of sp³-hybridized carbons (Fsp3) is 0.900. The molecule has 0 aromatic rings. The highest BCUT2D eigenvalue weighted by Crippen LogP contribution is 2.41. The van der Waals surface area contributed by atoms with Gasteiger partial charge in [0.15, 0.2) is 5.60 Å². The fourth-order valence-corrected chi connectivity index (χ4v) is 2.19. The van der Waals surface area contributed by atoms with Crippen LogP contribution in [0.1, 0.15) is 39.5 Å². The average Bonchev–Trinajstić information content (AvgIpc) is 2.00. The average molecular weight is 186 g/mol. The van der Waals surface area contributed by atoms with Crippen molar-refractivity contribution in [1.29, 1.82) is 0 Å². The smallest absolute Gasteiger partial charge is 0.337 e. The van der Waals surface area contributed by atoms with Gasteiger partial charge in [-0.2, -0.15) is 0 Å². The fourth-order valence-electron chi connectivity index (χ4n) is 2.19. The first-order valence-electron chi connectivity index (χ1n) is 4.70. The van der Waals surface area contributed by atoms with E-state index in [1.807, 2.05) is 0 Å². The largest absolute Gasteiger partial charge is 0.467 e. The van der Waals surface area contributed by atoms with Crippen LogP contribution in [0.25, 0.3) is 0 Å². The van der Waals surface area contributed by atoms with Crippen LogP contribution in [0, 0.1) is 5.41 Å². The third-order valence-corrected chi connectivity index (χ3v) is 2.78. The molecule has 1 aliphatic rings. The number of aliphatic hydroxyl groups is 1. The number of methoxy groups -OCH3 is 1. The minimum atomic E-state index is -1.24. The Bertz CT molecular complexity index is 210. The third-order valence-electron chi connectivity index (χ3n) is 2.78. The van der Waals surface area contributed by atoms with Gasteiger partial charge in [-0.15, -0.1) is 0 Å². The Morgan fingerprint density at radius 3 is 2.46 bits per heavy atom. The number of carbonyl (C=O) groups excluding carboxylic acids is 1. The van der Waals surface area contributed by atoms with E-state index >= 15 is 0 Å². The molecule has 13 heavy (non-hydrogen) atoms. The van der Waals surface area contributed by atoms with Crippen molar-refractivity contribution in [1.82, 2.24) is 0 Å². The molecule has 0 bridgehead atoms. The first-order chi connectivity index (χ1) is 5.90. The second kappa shape index (κ2) is 3.29. The van der Waals surface area contributed by atoms with Crippen LogP contribution >= 0.6 is 0 Å². The molecule has 0 saturated heterocycles. The van der Waals surface area contributed by atoms with Crippen molar-refractivity contribution in [2.45, 2.75) is 45.1 Å². The Kier molecular flexibility index (Phi) is 2.66. The van der Waals surface area contributed by atoms with Crippen LogP contribution in [-0.2, 0) is 9.53 Å². The lowest BCUT2D eigenvalue weighted by Gasteiger charge is -2.39. The van der Waals surface area contributed by atoms with E-state index in [4.69, 9.17) is 0 Å². The Morgan fingerprint density at radius 2 is 2.00 bits per heavy atom. The molecule has 0 radical (unpaired) electrons. The topological polar surface area (TPSA) is 46.5 Å². The number of ether oxygens (including phenoxy) is 1. The first kappa shape index (κ1) is 10.5. The molecule has 1 atom stereocenters. The van der Waals surface area contributed by atoms with E-state index in [1.54, 1.807) is 0 Å². The Balaban J connectivity index is 2.74. The molecule has 1 saturated carbocycles. The van der Waals surface area contributed by atoms with Crippen molar-refractivity contribution in [3.05, 3.63) is 0 Å². The van der Waals surface area contributed by atoms with Crippen LogP contribution < -0.4 is 0 Å². The summed E-state index contributed by atoms with van der Waals surface area (Å²) in [5, 5.41) is 10.0. The van der Waals surface area contributed by atoms with Crippen molar-refractivity contribution < 1.29 is 14.6 Å². The number of carbonyl (C=O) groups is 1. The second-order valence-corrected chi connectivity index (χ2v) is 4.72. The van der Waals surface area contributed by atoms with Gasteiger partial charge in [0.05, 0.1) is 7.11 Å². The SMILES string of the molecule is COC(=O)C1(O)CCCC(C)(C)C1. The molecule has 1 unspecified atom stereocenters.